The summed E-state index contributed by atoms with van der Waals surface area (Å²) in [5.41, 5.74) is 0.325. The van der Waals surface area contributed by atoms with E-state index in [0.717, 1.165) is 0 Å². The maximum absolute atomic E-state index is 12.2. The molecule has 0 spiro atoms. The molecule has 2 aromatic rings. The molecule has 10 nitrogen and oxygen atoms in total. The highest BCUT2D eigenvalue weighted by Gasteiger charge is 2.28. The molecule has 0 radical (unpaired) electrons. The molecule has 2 heterocycles. The number of nitrogens with one attached hydrogen (secondary N) is 2. The van der Waals surface area contributed by atoms with Gasteiger partial charge >= 0.3 is 18.0 Å². The Labute approximate surface area is 176 Å². The first-order valence-electron chi connectivity index (χ1n) is 9.30. The predicted octanol–water partition coefficient (Wildman–Crippen LogP) is 2.05. The van der Waals surface area contributed by atoms with E-state index in [9.17, 15) is 24.0 Å². The summed E-state index contributed by atoms with van der Waals surface area (Å²) in [5, 5.41) is 3.92. The molecule has 31 heavy (non-hydrogen) atoms. The van der Waals surface area contributed by atoms with Crippen molar-refractivity contribution >= 4 is 35.9 Å². The first kappa shape index (κ1) is 21.5. The molecule has 1 fully saturated rings. The third kappa shape index (κ3) is 4.86. The second kappa shape index (κ2) is 9.08. The highest BCUT2D eigenvalue weighted by atomic mass is 16.5. The van der Waals surface area contributed by atoms with E-state index in [0.29, 0.717) is 5.56 Å². The van der Waals surface area contributed by atoms with Gasteiger partial charge in [0.25, 0.3) is 11.8 Å². The summed E-state index contributed by atoms with van der Waals surface area (Å²) in [6.45, 7) is 3.63. The van der Waals surface area contributed by atoms with E-state index < -0.39 is 29.8 Å². The van der Waals surface area contributed by atoms with Gasteiger partial charge in [0.15, 0.2) is 0 Å². The maximum Gasteiger partial charge on any atom is 0.338 e. The second-order valence-corrected chi connectivity index (χ2v) is 6.24. The quantitative estimate of drug-likeness (QED) is 0.406. The lowest BCUT2D eigenvalue weighted by Gasteiger charge is -2.13. The van der Waals surface area contributed by atoms with Gasteiger partial charge in [0.2, 0.25) is 0 Å². The van der Waals surface area contributed by atoms with E-state index in [4.69, 9.17) is 13.9 Å². The summed E-state index contributed by atoms with van der Waals surface area (Å²) < 4.78 is 15.7. The monoisotopic (exact) mass is 426 g/mol. The molecular formula is C21H18N2O8. The zero-order valence-corrected chi connectivity index (χ0v) is 16.6. The molecule has 3 rings (SSSR count). The zero-order valence-electron chi connectivity index (χ0n) is 16.6. The van der Waals surface area contributed by atoms with Gasteiger partial charge in [-0.1, -0.05) is 0 Å². The van der Waals surface area contributed by atoms with Crippen molar-refractivity contribution < 1.29 is 37.9 Å². The van der Waals surface area contributed by atoms with Gasteiger partial charge in [0.05, 0.1) is 24.3 Å². The fourth-order valence-electron chi connectivity index (χ4n) is 2.77. The Bertz CT molecular complexity index is 1050. The van der Waals surface area contributed by atoms with Crippen molar-refractivity contribution in [2.45, 2.75) is 13.8 Å². The molecule has 0 saturated carbocycles. The topological polar surface area (TPSA) is 141 Å². The molecule has 160 valence electrons. The van der Waals surface area contributed by atoms with E-state index >= 15 is 0 Å². The Hall–Kier alpha value is -4.21. The number of imide groups is 2. The largest absolute Gasteiger partial charge is 0.462 e. The minimum Gasteiger partial charge on any atom is -0.462 e. The fourth-order valence-corrected chi connectivity index (χ4v) is 2.77. The second-order valence-electron chi connectivity index (χ2n) is 6.24. The molecular weight excluding hydrogens is 408 g/mol. The summed E-state index contributed by atoms with van der Waals surface area (Å²) in [5.74, 6) is -2.56. The van der Waals surface area contributed by atoms with Crippen molar-refractivity contribution in [3.8, 4) is 11.3 Å². The zero-order chi connectivity index (χ0) is 22.5. The fraction of sp³-hybridized carbons (Fsp3) is 0.190. The first-order valence-corrected chi connectivity index (χ1v) is 9.30. The van der Waals surface area contributed by atoms with Crippen LogP contribution in [0.25, 0.3) is 17.4 Å². The molecule has 0 unspecified atom stereocenters. The minimum atomic E-state index is -0.908. The predicted molar refractivity (Wildman–Crippen MR) is 106 cm³/mol. The van der Waals surface area contributed by atoms with Crippen molar-refractivity contribution in [1.82, 2.24) is 10.6 Å². The number of esters is 2. The molecule has 0 aliphatic carbocycles. The number of amides is 4. The van der Waals surface area contributed by atoms with Crippen LogP contribution in [0.1, 0.15) is 40.3 Å². The van der Waals surface area contributed by atoms with Gasteiger partial charge in [0.1, 0.15) is 17.1 Å². The standard InChI is InChI=1S/C21H18N2O8/c1-3-29-19(26)12-7-11(8-13(9-12)20(27)30-4-2)16-6-5-14(31-16)10-15-17(24)22-21(28)23-18(15)25/h5-10H,3-4H2,1-2H3,(H2,22,23,24,25,28). The van der Waals surface area contributed by atoms with Gasteiger partial charge in [-0.15, -0.1) is 0 Å². The van der Waals surface area contributed by atoms with E-state index in [2.05, 4.69) is 0 Å². The third-order valence-corrected chi connectivity index (χ3v) is 4.10. The number of carbonyl (C=O) groups excluding carboxylic acids is 5. The number of urea groups is 1. The average Bonchev–Trinajstić information content (AvgIpc) is 3.19. The molecule has 0 bridgehead atoms. The lowest BCUT2D eigenvalue weighted by molar-refractivity contribution is -0.123. The van der Waals surface area contributed by atoms with Crippen LogP contribution in [0, 0.1) is 0 Å². The summed E-state index contributed by atoms with van der Waals surface area (Å²) in [6, 6.07) is 6.44. The number of ether oxygens (including phenoxy) is 2. The maximum atomic E-state index is 12.2. The molecule has 1 aromatic carbocycles. The molecule has 1 aromatic heterocycles. The Morgan fingerprint density at radius 1 is 0.903 bits per heavy atom. The van der Waals surface area contributed by atoms with Gasteiger partial charge in [-0.25, -0.2) is 14.4 Å². The van der Waals surface area contributed by atoms with Gasteiger partial charge in [-0.05, 0) is 50.3 Å². The van der Waals surface area contributed by atoms with Gasteiger partial charge in [-0.3, -0.25) is 20.2 Å². The van der Waals surface area contributed by atoms with Crippen molar-refractivity contribution in [2.75, 3.05) is 13.2 Å². The number of benzene rings is 1. The van der Waals surface area contributed by atoms with Gasteiger partial charge < -0.3 is 13.9 Å². The Balaban J connectivity index is 1.98. The molecule has 0 atom stereocenters. The highest BCUT2D eigenvalue weighted by Crippen LogP contribution is 2.27. The summed E-state index contributed by atoms with van der Waals surface area (Å²) in [7, 11) is 0. The molecule has 1 aliphatic rings. The molecule has 2 N–H and O–H groups in total. The Kier molecular flexibility index (Phi) is 6.29. The number of hydrogen-bond acceptors (Lipinski definition) is 8. The number of rotatable bonds is 6. The van der Waals surface area contributed by atoms with Crippen LogP contribution in [0.4, 0.5) is 4.79 Å². The Morgan fingerprint density at radius 2 is 1.45 bits per heavy atom. The van der Waals surface area contributed by atoms with E-state index in [1.165, 1.54) is 36.4 Å². The van der Waals surface area contributed by atoms with Crippen molar-refractivity contribution in [2.24, 2.45) is 0 Å². The molecule has 1 aliphatic heterocycles. The summed E-state index contributed by atoms with van der Waals surface area (Å²) >= 11 is 0. The van der Waals surface area contributed by atoms with Crippen LogP contribution in [0.5, 0.6) is 0 Å². The van der Waals surface area contributed by atoms with Crippen LogP contribution < -0.4 is 10.6 Å². The van der Waals surface area contributed by atoms with E-state index in [1.54, 1.807) is 13.8 Å². The van der Waals surface area contributed by atoms with Crippen LogP contribution in [0.2, 0.25) is 0 Å². The smallest absolute Gasteiger partial charge is 0.338 e. The molecule has 1 saturated heterocycles. The number of hydrogen-bond donors (Lipinski definition) is 2. The van der Waals surface area contributed by atoms with Crippen LogP contribution in [0.15, 0.2) is 40.3 Å². The van der Waals surface area contributed by atoms with Crippen molar-refractivity contribution in [3.05, 3.63) is 52.8 Å². The minimum absolute atomic E-state index is 0.128. The van der Waals surface area contributed by atoms with E-state index in [-0.39, 0.29) is 41.4 Å². The number of barbiturate groups is 1. The number of carbonyl (C=O) groups is 5. The van der Waals surface area contributed by atoms with Gasteiger partial charge in [0, 0.05) is 5.56 Å². The summed E-state index contributed by atoms with van der Waals surface area (Å²) in [4.78, 5) is 59.2. The molecule has 10 heteroatoms. The highest BCUT2D eigenvalue weighted by molar-refractivity contribution is 6.31. The normalized spacial score (nSPS) is 13.4. The molecule has 4 amide bonds. The SMILES string of the molecule is CCOC(=O)c1cc(C(=O)OCC)cc(-c2ccc(C=C3C(=O)NC(=O)NC3=O)o2)c1. The van der Waals surface area contributed by atoms with Crippen LogP contribution in [0.3, 0.4) is 0 Å². The first-order chi connectivity index (χ1) is 14.8. The van der Waals surface area contributed by atoms with Crippen LogP contribution in [-0.2, 0) is 19.1 Å². The lowest BCUT2D eigenvalue weighted by Crippen LogP contribution is -2.51. The van der Waals surface area contributed by atoms with Crippen LogP contribution >= 0.6 is 0 Å². The van der Waals surface area contributed by atoms with Crippen molar-refractivity contribution in [3.63, 3.8) is 0 Å². The van der Waals surface area contributed by atoms with Gasteiger partial charge in [-0.2, -0.15) is 0 Å². The van der Waals surface area contributed by atoms with Crippen molar-refractivity contribution in [1.29, 1.82) is 0 Å². The Morgan fingerprint density at radius 3 is 1.97 bits per heavy atom. The van der Waals surface area contributed by atoms with Crippen LogP contribution in [-0.4, -0.2) is 43.0 Å². The average molecular weight is 426 g/mol. The van der Waals surface area contributed by atoms with E-state index in [1.807, 2.05) is 10.6 Å². The summed E-state index contributed by atoms with van der Waals surface area (Å²) in [6.07, 6.45) is 1.17. The third-order valence-electron chi connectivity index (χ3n) is 4.10. The lowest BCUT2D eigenvalue weighted by atomic mass is 10.0. The number of furan rings is 1.